The van der Waals surface area contributed by atoms with E-state index < -0.39 is 23.5 Å². The van der Waals surface area contributed by atoms with Gasteiger partial charge in [0.1, 0.15) is 17.8 Å². The van der Waals surface area contributed by atoms with E-state index in [9.17, 15) is 19.5 Å². The highest BCUT2D eigenvalue weighted by atomic mass is 16.5. The average Bonchev–Trinajstić information content (AvgIpc) is 3.64. The Morgan fingerprint density at radius 3 is 2.31 bits per heavy atom. The number of aromatic amines is 1. The predicted molar refractivity (Wildman–Crippen MR) is 126 cm³/mol. The third-order valence-corrected chi connectivity index (χ3v) is 7.61. The zero-order valence-electron chi connectivity index (χ0n) is 18.9. The number of fused-ring (bicyclic) bond motifs is 5. The van der Waals surface area contributed by atoms with Crippen LogP contribution in [0.4, 0.5) is 10.6 Å². The van der Waals surface area contributed by atoms with Gasteiger partial charge < -0.3 is 14.7 Å². The van der Waals surface area contributed by atoms with Crippen LogP contribution in [0.5, 0.6) is 0 Å². The topological polar surface area (TPSA) is 125 Å². The lowest BCUT2D eigenvalue weighted by atomic mass is 9.88. The van der Waals surface area contributed by atoms with Gasteiger partial charge in [0.2, 0.25) is 0 Å². The van der Waals surface area contributed by atoms with E-state index in [2.05, 4.69) is 27.6 Å². The van der Waals surface area contributed by atoms with Crippen molar-refractivity contribution in [2.24, 2.45) is 0 Å². The van der Waals surface area contributed by atoms with Crippen LogP contribution < -0.4 is 5.32 Å². The van der Waals surface area contributed by atoms with Crippen LogP contribution in [0.3, 0.4) is 0 Å². The first kappa shape index (κ1) is 21.4. The minimum atomic E-state index is -1.15. The summed E-state index contributed by atoms with van der Waals surface area (Å²) in [7, 11) is 0. The minimum Gasteiger partial charge on any atom is -0.479 e. The summed E-state index contributed by atoms with van der Waals surface area (Å²) < 4.78 is 5.53. The molecule has 2 amide bonds. The van der Waals surface area contributed by atoms with E-state index in [0.29, 0.717) is 25.7 Å². The van der Waals surface area contributed by atoms with Gasteiger partial charge in [-0.25, -0.2) is 9.59 Å². The van der Waals surface area contributed by atoms with Crippen molar-refractivity contribution < 1.29 is 24.2 Å². The number of nitrogens with one attached hydrogen (secondary N) is 2. The van der Waals surface area contributed by atoms with Crippen LogP contribution in [0.1, 0.15) is 53.2 Å². The van der Waals surface area contributed by atoms with Gasteiger partial charge >= 0.3 is 12.1 Å². The number of nitrogens with zero attached hydrogens (tertiary/aromatic N) is 2. The van der Waals surface area contributed by atoms with Gasteiger partial charge in [-0.05, 0) is 47.9 Å². The molecule has 3 aromatic rings. The molecule has 9 heteroatoms. The fraction of sp³-hybridized carbons (Fsp3) is 0.308. The highest BCUT2D eigenvalue weighted by Gasteiger charge is 2.59. The summed E-state index contributed by atoms with van der Waals surface area (Å²) in [5, 5.41) is 19.0. The smallest absolute Gasteiger partial charge is 0.412 e. The molecule has 35 heavy (non-hydrogen) atoms. The summed E-state index contributed by atoms with van der Waals surface area (Å²) >= 11 is 0. The first-order chi connectivity index (χ1) is 17.0. The second-order valence-corrected chi connectivity index (χ2v) is 9.36. The zero-order chi connectivity index (χ0) is 24.2. The van der Waals surface area contributed by atoms with Crippen LogP contribution >= 0.6 is 0 Å². The number of carboxylic acids is 1. The Morgan fingerprint density at radius 2 is 1.69 bits per heavy atom. The van der Waals surface area contributed by atoms with E-state index in [1.807, 2.05) is 36.4 Å². The summed E-state index contributed by atoms with van der Waals surface area (Å²) in [6.45, 7) is 0.159. The van der Waals surface area contributed by atoms with E-state index in [1.165, 1.54) is 11.0 Å². The minimum absolute atomic E-state index is 0.0673. The molecule has 0 radical (unpaired) electrons. The Kier molecular flexibility index (Phi) is 4.87. The number of rotatable bonds is 5. The SMILES string of the molecule is O=C(Nc1cc(C(=O)N2C3CCC2(C(=O)O)CC3)[nH]n1)OCC1c2ccccc2-c2ccccc21. The Morgan fingerprint density at radius 1 is 1.06 bits per heavy atom. The molecule has 9 nitrogen and oxygen atoms in total. The number of ether oxygens (including phenoxy) is 1. The number of amides is 2. The molecule has 2 bridgehead atoms. The monoisotopic (exact) mass is 472 g/mol. The second kappa shape index (κ2) is 7.97. The van der Waals surface area contributed by atoms with E-state index in [0.717, 1.165) is 22.3 Å². The van der Waals surface area contributed by atoms with Crippen LogP contribution in [0.25, 0.3) is 11.1 Å². The zero-order valence-corrected chi connectivity index (χ0v) is 18.9. The van der Waals surface area contributed by atoms with E-state index >= 15 is 0 Å². The highest BCUT2D eigenvalue weighted by Crippen LogP contribution is 2.47. The maximum atomic E-state index is 13.1. The molecule has 3 aliphatic rings. The number of H-pyrrole nitrogens is 1. The molecule has 2 aromatic carbocycles. The van der Waals surface area contributed by atoms with Crippen molar-refractivity contribution in [2.75, 3.05) is 11.9 Å². The van der Waals surface area contributed by atoms with Crippen molar-refractivity contribution >= 4 is 23.8 Å². The Labute approximate surface area is 201 Å². The fourth-order valence-corrected chi connectivity index (χ4v) is 5.97. The molecule has 2 aliphatic heterocycles. The Hall–Kier alpha value is -4.14. The van der Waals surface area contributed by atoms with E-state index in [4.69, 9.17) is 4.74 Å². The summed E-state index contributed by atoms with van der Waals surface area (Å²) in [5.74, 6) is -1.31. The molecule has 0 unspecified atom stereocenters. The number of carbonyl (C=O) groups excluding carboxylic acids is 2. The molecular formula is C26H24N4O5. The van der Waals surface area contributed by atoms with Crippen molar-refractivity contribution in [2.45, 2.75) is 43.2 Å². The quantitative estimate of drug-likeness (QED) is 0.516. The van der Waals surface area contributed by atoms with Crippen molar-refractivity contribution in [1.29, 1.82) is 0 Å². The molecule has 6 rings (SSSR count). The summed E-state index contributed by atoms with van der Waals surface area (Å²) in [4.78, 5) is 39.0. The van der Waals surface area contributed by atoms with Crippen LogP contribution in [0.2, 0.25) is 0 Å². The Balaban J connectivity index is 1.12. The molecule has 0 saturated carbocycles. The highest BCUT2D eigenvalue weighted by molar-refractivity contribution is 5.98. The largest absolute Gasteiger partial charge is 0.479 e. The van der Waals surface area contributed by atoms with Gasteiger partial charge in [0.05, 0.1) is 0 Å². The molecule has 0 atom stereocenters. The lowest BCUT2D eigenvalue weighted by molar-refractivity contribution is -0.147. The Bertz CT molecular complexity index is 1300. The first-order valence-electron chi connectivity index (χ1n) is 11.7. The second-order valence-electron chi connectivity index (χ2n) is 9.36. The van der Waals surface area contributed by atoms with Gasteiger partial charge in [0, 0.05) is 18.0 Å². The summed E-state index contributed by atoms with van der Waals surface area (Å²) in [5.41, 5.74) is 3.50. The number of aromatic nitrogens is 2. The summed E-state index contributed by atoms with van der Waals surface area (Å²) in [6.07, 6.45) is 1.59. The number of hydrogen-bond donors (Lipinski definition) is 3. The van der Waals surface area contributed by atoms with Crippen LogP contribution in [-0.2, 0) is 9.53 Å². The maximum absolute atomic E-state index is 13.1. The van der Waals surface area contributed by atoms with Crippen molar-refractivity contribution in [1.82, 2.24) is 15.1 Å². The lowest BCUT2D eigenvalue weighted by Gasteiger charge is -2.30. The van der Waals surface area contributed by atoms with Crippen LogP contribution in [0.15, 0.2) is 54.6 Å². The molecule has 3 N–H and O–H groups in total. The summed E-state index contributed by atoms with van der Waals surface area (Å²) in [6, 6.07) is 17.5. The van der Waals surface area contributed by atoms with Crippen LogP contribution in [-0.4, -0.2) is 56.4 Å². The van der Waals surface area contributed by atoms with Gasteiger partial charge in [-0.1, -0.05) is 48.5 Å². The van der Waals surface area contributed by atoms with Gasteiger partial charge in [-0.2, -0.15) is 5.10 Å². The standard InChI is InChI=1S/C26H24N4O5/c31-23(30-15-9-11-26(30,12-10-15)24(32)33)21-13-22(29-28-21)27-25(34)35-14-20-18-7-3-1-5-16(18)17-6-2-4-8-19(17)20/h1-8,13,15,20H,9-12,14H2,(H,32,33)(H2,27,28,29,34). The lowest BCUT2D eigenvalue weighted by Crippen LogP contribution is -2.50. The van der Waals surface area contributed by atoms with Gasteiger partial charge in [0.25, 0.3) is 5.91 Å². The average molecular weight is 473 g/mol. The maximum Gasteiger partial charge on any atom is 0.412 e. The third-order valence-electron chi connectivity index (χ3n) is 7.61. The third kappa shape index (κ3) is 3.30. The number of hydrogen-bond acceptors (Lipinski definition) is 5. The van der Waals surface area contributed by atoms with Crippen molar-refractivity contribution in [3.05, 3.63) is 71.4 Å². The first-order valence-corrected chi connectivity index (χ1v) is 11.7. The molecule has 0 spiro atoms. The number of aliphatic carboxylic acids is 1. The number of anilines is 1. The molecule has 2 saturated heterocycles. The van der Waals surface area contributed by atoms with Crippen molar-refractivity contribution in [3.8, 4) is 11.1 Å². The molecule has 3 heterocycles. The molecule has 2 fully saturated rings. The number of carbonyl (C=O) groups is 3. The van der Waals surface area contributed by atoms with Gasteiger partial charge in [0.15, 0.2) is 5.82 Å². The number of benzene rings is 2. The fourth-order valence-electron chi connectivity index (χ4n) is 5.97. The van der Waals surface area contributed by atoms with Crippen LogP contribution in [0, 0.1) is 0 Å². The normalized spacial score (nSPS) is 22.1. The van der Waals surface area contributed by atoms with Crippen molar-refractivity contribution in [3.63, 3.8) is 0 Å². The van der Waals surface area contributed by atoms with Gasteiger partial charge in [-0.15, -0.1) is 0 Å². The van der Waals surface area contributed by atoms with Gasteiger partial charge in [-0.3, -0.25) is 15.2 Å². The predicted octanol–water partition coefficient (Wildman–Crippen LogP) is 3.99. The molecule has 1 aliphatic carbocycles. The van der Waals surface area contributed by atoms with E-state index in [-0.39, 0.29) is 30.1 Å². The molecular weight excluding hydrogens is 448 g/mol. The number of carboxylic acid groups (broad SMARTS) is 1. The molecule has 1 aromatic heterocycles. The molecule has 178 valence electrons. The van der Waals surface area contributed by atoms with E-state index in [1.54, 1.807) is 0 Å².